The maximum Gasteiger partial charge on any atom is 0.141 e. The van der Waals surface area contributed by atoms with Crippen molar-refractivity contribution >= 4 is 11.0 Å². The van der Waals surface area contributed by atoms with Gasteiger partial charge in [0.15, 0.2) is 0 Å². The number of aromatic amines is 1. The van der Waals surface area contributed by atoms with Crippen molar-refractivity contribution < 1.29 is 9.13 Å². The molecule has 0 amide bonds. The molecule has 0 saturated carbocycles. The molecule has 2 aromatic carbocycles. The number of ether oxygens (including phenoxy) is 1. The predicted molar refractivity (Wildman–Crippen MR) is 77.4 cm³/mol. The van der Waals surface area contributed by atoms with Gasteiger partial charge >= 0.3 is 0 Å². The molecule has 0 bridgehead atoms. The van der Waals surface area contributed by atoms with Crippen molar-refractivity contribution in [3.05, 3.63) is 47.8 Å². The third-order valence-corrected chi connectivity index (χ3v) is 3.39. The molecule has 0 saturated heterocycles. The van der Waals surface area contributed by atoms with Crippen LogP contribution in [0.15, 0.2) is 36.4 Å². The van der Waals surface area contributed by atoms with Gasteiger partial charge in [0, 0.05) is 6.07 Å². The molecule has 0 atom stereocenters. The first-order valence-electron chi connectivity index (χ1n) is 6.54. The van der Waals surface area contributed by atoms with Gasteiger partial charge in [-0.1, -0.05) is 13.0 Å². The predicted octanol–water partition coefficient (Wildman–Crippen LogP) is 3.94. The molecule has 0 aliphatic rings. The van der Waals surface area contributed by atoms with Gasteiger partial charge in [-0.25, -0.2) is 9.37 Å². The number of halogens is 1. The van der Waals surface area contributed by atoms with E-state index < -0.39 is 0 Å². The first-order valence-corrected chi connectivity index (χ1v) is 6.54. The van der Waals surface area contributed by atoms with Crippen LogP contribution in [0.25, 0.3) is 22.4 Å². The highest BCUT2D eigenvalue weighted by molar-refractivity contribution is 5.80. The highest BCUT2D eigenvalue weighted by Crippen LogP contribution is 2.26. The monoisotopic (exact) mass is 270 g/mol. The number of rotatable bonds is 3. The van der Waals surface area contributed by atoms with Crippen LogP contribution in [0.5, 0.6) is 5.75 Å². The number of nitrogens with one attached hydrogen (secondary N) is 1. The Bertz CT molecular complexity index is 764. The Hall–Kier alpha value is -2.36. The number of aromatic nitrogens is 2. The van der Waals surface area contributed by atoms with Crippen LogP contribution in [0.3, 0.4) is 0 Å². The topological polar surface area (TPSA) is 37.9 Å². The van der Waals surface area contributed by atoms with Crippen LogP contribution in [0.1, 0.15) is 12.5 Å². The Morgan fingerprint density at radius 2 is 2.05 bits per heavy atom. The Kier molecular flexibility index (Phi) is 3.14. The summed E-state index contributed by atoms with van der Waals surface area (Å²) >= 11 is 0. The van der Waals surface area contributed by atoms with Gasteiger partial charge in [-0.3, -0.25) is 0 Å². The molecule has 3 nitrogen and oxygen atoms in total. The van der Waals surface area contributed by atoms with Gasteiger partial charge < -0.3 is 9.72 Å². The van der Waals surface area contributed by atoms with Crippen LogP contribution >= 0.6 is 0 Å². The molecule has 0 fully saturated rings. The number of H-pyrrole nitrogens is 1. The molecule has 20 heavy (non-hydrogen) atoms. The molecule has 3 rings (SSSR count). The summed E-state index contributed by atoms with van der Waals surface area (Å²) in [7, 11) is 1.52. The second kappa shape index (κ2) is 4.96. The van der Waals surface area contributed by atoms with Gasteiger partial charge in [-0.05, 0) is 36.2 Å². The van der Waals surface area contributed by atoms with Crippen LogP contribution in [0, 0.1) is 5.82 Å². The molecular formula is C16H15FN2O. The zero-order valence-electron chi connectivity index (χ0n) is 11.4. The van der Waals surface area contributed by atoms with E-state index in [0.29, 0.717) is 17.1 Å². The molecule has 1 heterocycles. The maximum atomic E-state index is 14.1. The lowest BCUT2D eigenvalue weighted by Crippen LogP contribution is -1.89. The van der Waals surface area contributed by atoms with E-state index in [9.17, 15) is 4.39 Å². The Balaban J connectivity index is 2.10. The second-order valence-corrected chi connectivity index (χ2v) is 4.64. The number of fused-ring (bicyclic) bond motifs is 1. The van der Waals surface area contributed by atoms with E-state index in [1.807, 2.05) is 18.2 Å². The number of imidazole rings is 1. The number of methoxy groups -OCH3 is 1. The fourth-order valence-electron chi connectivity index (χ4n) is 2.22. The summed E-state index contributed by atoms with van der Waals surface area (Å²) in [5, 5.41) is 0. The Morgan fingerprint density at radius 1 is 1.20 bits per heavy atom. The van der Waals surface area contributed by atoms with Crippen LogP contribution in [0.4, 0.5) is 4.39 Å². The molecule has 4 heteroatoms. The fourth-order valence-corrected chi connectivity index (χ4v) is 2.22. The Morgan fingerprint density at radius 3 is 2.75 bits per heavy atom. The zero-order valence-corrected chi connectivity index (χ0v) is 11.4. The van der Waals surface area contributed by atoms with Gasteiger partial charge in [0.1, 0.15) is 17.4 Å². The third kappa shape index (κ3) is 2.13. The molecule has 0 spiro atoms. The van der Waals surface area contributed by atoms with Gasteiger partial charge in [0.2, 0.25) is 0 Å². The van der Waals surface area contributed by atoms with Crippen LogP contribution in [-0.2, 0) is 6.42 Å². The van der Waals surface area contributed by atoms with Crippen molar-refractivity contribution in [2.24, 2.45) is 0 Å². The number of aryl methyl sites for hydroxylation is 1. The minimum absolute atomic E-state index is 0.348. The molecule has 1 aromatic heterocycles. The Labute approximate surface area is 116 Å². The van der Waals surface area contributed by atoms with Gasteiger partial charge in [0.25, 0.3) is 0 Å². The summed E-state index contributed by atoms with van der Waals surface area (Å²) in [6.07, 6.45) is 0.960. The van der Waals surface area contributed by atoms with E-state index in [1.54, 1.807) is 12.1 Å². The fraction of sp³-hybridized carbons (Fsp3) is 0.188. The van der Waals surface area contributed by atoms with Crippen LogP contribution < -0.4 is 4.74 Å². The van der Waals surface area contributed by atoms with E-state index in [0.717, 1.165) is 17.5 Å². The van der Waals surface area contributed by atoms with Crippen molar-refractivity contribution in [1.29, 1.82) is 0 Å². The summed E-state index contributed by atoms with van der Waals surface area (Å²) in [5.41, 5.74) is 3.44. The summed E-state index contributed by atoms with van der Waals surface area (Å²) in [5.74, 6) is 0.683. The largest absolute Gasteiger partial charge is 0.497 e. The highest BCUT2D eigenvalue weighted by atomic mass is 19.1. The molecule has 0 unspecified atom stereocenters. The molecule has 0 radical (unpaired) electrons. The maximum absolute atomic E-state index is 14.1. The van der Waals surface area contributed by atoms with Crippen LogP contribution in [0.2, 0.25) is 0 Å². The van der Waals surface area contributed by atoms with Crippen molar-refractivity contribution in [3.8, 4) is 17.1 Å². The zero-order chi connectivity index (χ0) is 14.1. The average Bonchev–Trinajstić information content (AvgIpc) is 2.89. The number of hydrogen-bond donors (Lipinski definition) is 1. The molecule has 3 aromatic rings. The van der Waals surface area contributed by atoms with Crippen LogP contribution in [-0.4, -0.2) is 17.1 Å². The number of hydrogen-bond acceptors (Lipinski definition) is 2. The summed E-state index contributed by atoms with van der Waals surface area (Å²) < 4.78 is 19.1. The van der Waals surface area contributed by atoms with Crippen molar-refractivity contribution in [3.63, 3.8) is 0 Å². The molecule has 0 aliphatic heterocycles. The van der Waals surface area contributed by atoms with E-state index in [1.165, 1.54) is 18.7 Å². The van der Waals surface area contributed by atoms with Gasteiger partial charge in [0.05, 0.1) is 23.7 Å². The van der Waals surface area contributed by atoms with E-state index in [4.69, 9.17) is 4.74 Å². The molecule has 1 N–H and O–H groups in total. The summed E-state index contributed by atoms with van der Waals surface area (Å²) in [6, 6.07) is 10.8. The molecular weight excluding hydrogens is 255 g/mol. The van der Waals surface area contributed by atoms with Crippen molar-refractivity contribution in [1.82, 2.24) is 9.97 Å². The standard InChI is InChI=1S/C16H15FN2O/c1-3-10-4-7-14-15(8-10)19-16(18-14)12-6-5-11(20-2)9-13(12)17/h4-9H,3H2,1-2H3,(H,18,19). The highest BCUT2D eigenvalue weighted by Gasteiger charge is 2.11. The summed E-state index contributed by atoms with van der Waals surface area (Å²) in [6.45, 7) is 2.10. The van der Waals surface area contributed by atoms with E-state index in [-0.39, 0.29) is 5.82 Å². The van der Waals surface area contributed by atoms with Crippen molar-refractivity contribution in [2.75, 3.05) is 7.11 Å². The molecule has 102 valence electrons. The average molecular weight is 270 g/mol. The normalized spacial score (nSPS) is 10.9. The SMILES string of the molecule is CCc1ccc2nc(-c3ccc(OC)cc3F)[nH]c2c1. The minimum atomic E-state index is -0.348. The lowest BCUT2D eigenvalue weighted by Gasteiger charge is -2.02. The summed E-state index contributed by atoms with van der Waals surface area (Å²) in [4.78, 5) is 7.61. The lowest BCUT2D eigenvalue weighted by molar-refractivity contribution is 0.411. The van der Waals surface area contributed by atoms with Crippen molar-refractivity contribution in [2.45, 2.75) is 13.3 Å². The third-order valence-electron chi connectivity index (χ3n) is 3.39. The van der Waals surface area contributed by atoms with Gasteiger partial charge in [-0.15, -0.1) is 0 Å². The van der Waals surface area contributed by atoms with Gasteiger partial charge in [-0.2, -0.15) is 0 Å². The smallest absolute Gasteiger partial charge is 0.141 e. The number of nitrogens with zero attached hydrogens (tertiary/aromatic N) is 1. The number of benzene rings is 2. The quantitative estimate of drug-likeness (QED) is 0.782. The first kappa shape index (κ1) is 12.7. The van der Waals surface area contributed by atoms with E-state index in [2.05, 4.69) is 16.9 Å². The first-order chi connectivity index (χ1) is 9.71. The lowest BCUT2D eigenvalue weighted by atomic mass is 10.1. The minimum Gasteiger partial charge on any atom is -0.497 e. The second-order valence-electron chi connectivity index (χ2n) is 4.64. The van der Waals surface area contributed by atoms with E-state index >= 15 is 0 Å². The molecule has 0 aliphatic carbocycles.